The van der Waals surface area contributed by atoms with E-state index in [1.807, 2.05) is 0 Å². The molecule has 1 aliphatic heterocycles. The quantitative estimate of drug-likeness (QED) is 0.745. The SMILES string of the molecule is CC1(C)CNCC(c2ccsc2)O1. The molecule has 1 aromatic heterocycles. The molecule has 3 heteroatoms. The molecule has 1 fully saturated rings. The zero-order chi connectivity index (χ0) is 9.31. The maximum Gasteiger partial charge on any atom is 0.0965 e. The third kappa shape index (κ3) is 2.10. The molecule has 13 heavy (non-hydrogen) atoms. The molecule has 0 aliphatic carbocycles. The summed E-state index contributed by atoms with van der Waals surface area (Å²) >= 11 is 1.73. The number of ether oxygens (including phenoxy) is 1. The highest BCUT2D eigenvalue weighted by molar-refractivity contribution is 7.07. The van der Waals surface area contributed by atoms with Gasteiger partial charge in [0.1, 0.15) is 0 Å². The van der Waals surface area contributed by atoms with Gasteiger partial charge in [-0.05, 0) is 36.2 Å². The van der Waals surface area contributed by atoms with Crippen LogP contribution in [0.4, 0.5) is 0 Å². The van der Waals surface area contributed by atoms with Gasteiger partial charge in [-0.25, -0.2) is 0 Å². The van der Waals surface area contributed by atoms with Crippen LogP contribution < -0.4 is 5.32 Å². The van der Waals surface area contributed by atoms with Gasteiger partial charge in [-0.3, -0.25) is 0 Å². The number of rotatable bonds is 1. The minimum atomic E-state index is -0.0369. The Morgan fingerprint density at radius 3 is 3.08 bits per heavy atom. The monoisotopic (exact) mass is 197 g/mol. The normalized spacial score (nSPS) is 27.4. The zero-order valence-corrected chi connectivity index (χ0v) is 8.86. The fraction of sp³-hybridized carbons (Fsp3) is 0.600. The number of morpholine rings is 1. The molecule has 2 heterocycles. The molecule has 2 nitrogen and oxygen atoms in total. The standard InChI is InChI=1S/C10H15NOS/c1-10(2)7-11-5-9(12-10)8-3-4-13-6-8/h3-4,6,9,11H,5,7H2,1-2H3. The van der Waals surface area contributed by atoms with E-state index >= 15 is 0 Å². The summed E-state index contributed by atoms with van der Waals surface area (Å²) in [5, 5.41) is 7.65. The van der Waals surface area contributed by atoms with Crippen molar-refractivity contribution in [3.63, 3.8) is 0 Å². The first-order chi connectivity index (χ1) is 6.17. The first-order valence-electron chi connectivity index (χ1n) is 4.58. The summed E-state index contributed by atoms with van der Waals surface area (Å²) < 4.78 is 5.96. The lowest BCUT2D eigenvalue weighted by Crippen LogP contribution is -2.46. The fourth-order valence-electron chi connectivity index (χ4n) is 1.62. The second-order valence-electron chi connectivity index (χ2n) is 4.05. The summed E-state index contributed by atoms with van der Waals surface area (Å²) in [6.45, 7) is 6.12. The van der Waals surface area contributed by atoms with E-state index in [4.69, 9.17) is 4.74 Å². The molecule has 72 valence electrons. The van der Waals surface area contributed by atoms with Crippen LogP contribution >= 0.6 is 11.3 Å². The van der Waals surface area contributed by atoms with E-state index in [1.165, 1.54) is 5.56 Å². The van der Waals surface area contributed by atoms with E-state index in [0.29, 0.717) is 0 Å². The highest BCUT2D eigenvalue weighted by Gasteiger charge is 2.29. The van der Waals surface area contributed by atoms with E-state index in [0.717, 1.165) is 13.1 Å². The maximum absolute atomic E-state index is 5.96. The molecule has 0 radical (unpaired) electrons. The lowest BCUT2D eigenvalue weighted by Gasteiger charge is -2.36. The Labute approximate surface area is 82.9 Å². The predicted molar refractivity (Wildman–Crippen MR) is 55.1 cm³/mol. The number of hydrogen-bond acceptors (Lipinski definition) is 3. The summed E-state index contributed by atoms with van der Waals surface area (Å²) in [6.07, 6.45) is 0.231. The van der Waals surface area contributed by atoms with Gasteiger partial charge in [-0.2, -0.15) is 11.3 Å². The van der Waals surface area contributed by atoms with Crippen LogP contribution in [-0.4, -0.2) is 18.7 Å². The van der Waals surface area contributed by atoms with Gasteiger partial charge >= 0.3 is 0 Å². The van der Waals surface area contributed by atoms with E-state index < -0.39 is 0 Å². The van der Waals surface area contributed by atoms with Crippen LogP contribution in [0.25, 0.3) is 0 Å². The third-order valence-corrected chi connectivity index (χ3v) is 2.96. The van der Waals surface area contributed by atoms with Crippen molar-refractivity contribution < 1.29 is 4.74 Å². The molecule has 0 spiro atoms. The van der Waals surface area contributed by atoms with E-state index in [2.05, 4.69) is 36.0 Å². The topological polar surface area (TPSA) is 21.3 Å². The van der Waals surface area contributed by atoms with Gasteiger partial charge in [0.25, 0.3) is 0 Å². The molecule has 1 unspecified atom stereocenters. The summed E-state index contributed by atoms with van der Waals surface area (Å²) in [6, 6.07) is 2.14. The van der Waals surface area contributed by atoms with Crippen molar-refractivity contribution >= 4 is 11.3 Å². The van der Waals surface area contributed by atoms with Crippen molar-refractivity contribution in [2.75, 3.05) is 13.1 Å². The van der Waals surface area contributed by atoms with Gasteiger partial charge in [0.15, 0.2) is 0 Å². The Bertz CT molecular complexity index is 268. The Hall–Kier alpha value is -0.380. The van der Waals surface area contributed by atoms with Crippen molar-refractivity contribution in [1.29, 1.82) is 0 Å². The number of nitrogens with one attached hydrogen (secondary N) is 1. The average molecular weight is 197 g/mol. The molecular weight excluding hydrogens is 182 g/mol. The van der Waals surface area contributed by atoms with Gasteiger partial charge in [-0.1, -0.05) is 0 Å². The summed E-state index contributed by atoms with van der Waals surface area (Å²) in [5.41, 5.74) is 1.26. The second kappa shape index (κ2) is 3.40. The molecule has 1 N–H and O–H groups in total. The molecule has 0 aromatic carbocycles. The Balaban J connectivity index is 2.09. The minimum absolute atomic E-state index is 0.0369. The minimum Gasteiger partial charge on any atom is -0.365 e. The third-order valence-electron chi connectivity index (χ3n) is 2.26. The maximum atomic E-state index is 5.96. The van der Waals surface area contributed by atoms with Crippen LogP contribution in [0, 0.1) is 0 Å². The first kappa shape index (κ1) is 9.19. The van der Waals surface area contributed by atoms with Gasteiger partial charge < -0.3 is 10.1 Å². The van der Waals surface area contributed by atoms with Gasteiger partial charge in [0, 0.05) is 13.1 Å². The number of thiophene rings is 1. The van der Waals surface area contributed by atoms with Crippen molar-refractivity contribution in [2.45, 2.75) is 25.6 Å². The van der Waals surface area contributed by atoms with Gasteiger partial charge in [0.2, 0.25) is 0 Å². The van der Waals surface area contributed by atoms with E-state index in [9.17, 15) is 0 Å². The lowest BCUT2D eigenvalue weighted by molar-refractivity contribution is -0.0957. The lowest BCUT2D eigenvalue weighted by atomic mass is 10.0. The molecule has 1 aliphatic rings. The number of hydrogen-bond donors (Lipinski definition) is 1. The second-order valence-corrected chi connectivity index (χ2v) is 4.83. The van der Waals surface area contributed by atoms with Crippen LogP contribution in [0.15, 0.2) is 16.8 Å². The first-order valence-corrected chi connectivity index (χ1v) is 5.52. The highest BCUT2D eigenvalue weighted by atomic mass is 32.1. The summed E-state index contributed by atoms with van der Waals surface area (Å²) in [4.78, 5) is 0. The smallest absolute Gasteiger partial charge is 0.0965 e. The average Bonchev–Trinajstić information content (AvgIpc) is 2.53. The van der Waals surface area contributed by atoms with Crippen molar-refractivity contribution in [3.8, 4) is 0 Å². The van der Waals surface area contributed by atoms with Crippen LogP contribution in [0.2, 0.25) is 0 Å². The predicted octanol–water partition coefficient (Wildman–Crippen LogP) is 2.19. The summed E-state index contributed by atoms with van der Waals surface area (Å²) in [5.74, 6) is 0. The van der Waals surface area contributed by atoms with Crippen molar-refractivity contribution in [1.82, 2.24) is 5.32 Å². The molecular formula is C10H15NOS. The molecule has 1 aromatic rings. The Morgan fingerprint density at radius 1 is 1.62 bits per heavy atom. The van der Waals surface area contributed by atoms with E-state index in [1.54, 1.807) is 11.3 Å². The molecule has 0 bridgehead atoms. The molecule has 0 saturated carbocycles. The van der Waals surface area contributed by atoms with Crippen molar-refractivity contribution in [2.24, 2.45) is 0 Å². The Morgan fingerprint density at radius 2 is 2.46 bits per heavy atom. The zero-order valence-electron chi connectivity index (χ0n) is 8.04. The Kier molecular flexibility index (Phi) is 2.41. The van der Waals surface area contributed by atoms with Crippen molar-refractivity contribution in [3.05, 3.63) is 22.4 Å². The molecule has 1 atom stereocenters. The van der Waals surface area contributed by atoms with Gasteiger partial charge in [-0.15, -0.1) is 0 Å². The van der Waals surface area contributed by atoms with Gasteiger partial charge in [0.05, 0.1) is 11.7 Å². The van der Waals surface area contributed by atoms with Crippen LogP contribution in [0.5, 0.6) is 0 Å². The summed E-state index contributed by atoms with van der Waals surface area (Å²) in [7, 11) is 0. The highest BCUT2D eigenvalue weighted by Crippen LogP contribution is 2.27. The molecule has 2 rings (SSSR count). The van der Waals surface area contributed by atoms with E-state index in [-0.39, 0.29) is 11.7 Å². The fourth-order valence-corrected chi connectivity index (χ4v) is 2.32. The molecule has 0 amide bonds. The molecule has 1 saturated heterocycles. The van der Waals surface area contributed by atoms with Crippen LogP contribution in [-0.2, 0) is 4.74 Å². The van der Waals surface area contributed by atoms with Crippen LogP contribution in [0.3, 0.4) is 0 Å². The largest absolute Gasteiger partial charge is 0.365 e. The van der Waals surface area contributed by atoms with Crippen LogP contribution in [0.1, 0.15) is 25.5 Å².